The first-order valence-electron chi connectivity index (χ1n) is 13.1. The zero-order valence-corrected chi connectivity index (χ0v) is 22.9. The summed E-state index contributed by atoms with van der Waals surface area (Å²) in [5.41, 5.74) is 1.63. The number of benzene rings is 1. The summed E-state index contributed by atoms with van der Waals surface area (Å²) in [5, 5.41) is 9.19. The van der Waals surface area contributed by atoms with E-state index in [9.17, 15) is 4.79 Å². The standard InChI is InChI=1S/C27H33ClFN9O/c1-18(39)32-23-5-3-4-6-24(23)34-25-21(28)17-31-27(35-25)33-19-15-22(29)26(30-16-19)38-9-7-20(8-10-38)37-13-11-36(2)12-14-37/h3-6,15-17,20H,7-14H2,1-2H3,(H,32,39)(H2,31,33,34,35). The van der Waals surface area contributed by atoms with E-state index in [-0.39, 0.29) is 16.9 Å². The molecule has 0 radical (unpaired) electrons. The molecule has 0 atom stereocenters. The Labute approximate surface area is 232 Å². The van der Waals surface area contributed by atoms with Gasteiger partial charge in [-0.15, -0.1) is 0 Å². The average Bonchev–Trinajstić information content (AvgIpc) is 2.92. The number of piperidine rings is 1. The summed E-state index contributed by atoms with van der Waals surface area (Å²) in [6.07, 6.45) is 5.04. The molecule has 206 valence electrons. The molecule has 12 heteroatoms. The van der Waals surface area contributed by atoms with Gasteiger partial charge in [0.05, 0.1) is 29.5 Å². The predicted octanol–water partition coefficient (Wildman–Crippen LogP) is 4.33. The maximum Gasteiger partial charge on any atom is 0.229 e. The molecule has 2 saturated heterocycles. The molecule has 1 amide bonds. The summed E-state index contributed by atoms with van der Waals surface area (Å²) >= 11 is 6.32. The van der Waals surface area contributed by atoms with Crippen LogP contribution in [0.15, 0.2) is 42.7 Å². The summed E-state index contributed by atoms with van der Waals surface area (Å²) in [6, 6.07) is 9.16. The van der Waals surface area contributed by atoms with Gasteiger partial charge in [0.2, 0.25) is 11.9 Å². The van der Waals surface area contributed by atoms with E-state index in [4.69, 9.17) is 11.6 Å². The first-order chi connectivity index (χ1) is 18.9. The van der Waals surface area contributed by atoms with Crippen LogP contribution in [0.1, 0.15) is 19.8 Å². The summed E-state index contributed by atoms with van der Waals surface area (Å²) in [4.78, 5) is 31.6. The van der Waals surface area contributed by atoms with Gasteiger partial charge in [-0.2, -0.15) is 4.98 Å². The second-order valence-corrected chi connectivity index (χ2v) is 10.4. The second-order valence-electron chi connectivity index (χ2n) is 9.95. The van der Waals surface area contributed by atoms with Crippen molar-refractivity contribution in [1.29, 1.82) is 0 Å². The van der Waals surface area contributed by atoms with Crippen molar-refractivity contribution in [2.24, 2.45) is 0 Å². The molecule has 1 aromatic carbocycles. The highest BCUT2D eigenvalue weighted by atomic mass is 35.5. The molecule has 0 saturated carbocycles. The number of likely N-dealkylation sites (N-methyl/N-ethyl adjacent to an activating group) is 1. The molecule has 2 fully saturated rings. The van der Waals surface area contributed by atoms with Crippen molar-refractivity contribution in [2.75, 3.05) is 67.2 Å². The van der Waals surface area contributed by atoms with E-state index in [1.165, 1.54) is 19.2 Å². The number of aromatic nitrogens is 3. The van der Waals surface area contributed by atoms with Gasteiger partial charge in [0, 0.05) is 58.3 Å². The summed E-state index contributed by atoms with van der Waals surface area (Å²) in [6.45, 7) is 7.39. The fraction of sp³-hybridized carbons (Fsp3) is 0.407. The van der Waals surface area contributed by atoms with Crippen molar-refractivity contribution in [3.8, 4) is 0 Å². The molecule has 3 aromatic rings. The number of amides is 1. The van der Waals surface area contributed by atoms with Gasteiger partial charge < -0.3 is 25.8 Å². The van der Waals surface area contributed by atoms with Crippen molar-refractivity contribution in [2.45, 2.75) is 25.8 Å². The van der Waals surface area contributed by atoms with Gasteiger partial charge in [-0.3, -0.25) is 9.69 Å². The Morgan fingerprint density at radius 3 is 2.41 bits per heavy atom. The number of carbonyl (C=O) groups is 1. The SMILES string of the molecule is CC(=O)Nc1ccccc1Nc1nc(Nc2cnc(N3CCC(N4CCN(C)CC4)CC3)c(F)c2)ncc1Cl. The van der Waals surface area contributed by atoms with E-state index in [1.54, 1.807) is 18.3 Å². The zero-order chi connectivity index (χ0) is 27.4. The third-order valence-electron chi connectivity index (χ3n) is 7.13. The Morgan fingerprint density at radius 2 is 1.72 bits per heavy atom. The Hall–Kier alpha value is -3.54. The van der Waals surface area contributed by atoms with E-state index >= 15 is 4.39 Å². The Kier molecular flexibility index (Phi) is 8.39. The van der Waals surface area contributed by atoms with Crippen LogP contribution in [-0.2, 0) is 4.79 Å². The van der Waals surface area contributed by atoms with Crippen molar-refractivity contribution in [1.82, 2.24) is 24.8 Å². The normalized spacial score (nSPS) is 17.2. The molecular formula is C27H33ClFN9O. The molecule has 39 heavy (non-hydrogen) atoms. The van der Waals surface area contributed by atoms with Crippen molar-refractivity contribution in [3.63, 3.8) is 0 Å². The minimum absolute atomic E-state index is 0.197. The maximum absolute atomic E-state index is 15.1. The van der Waals surface area contributed by atoms with E-state index in [1.807, 2.05) is 17.0 Å². The van der Waals surface area contributed by atoms with Crippen molar-refractivity contribution in [3.05, 3.63) is 53.6 Å². The molecular weight excluding hydrogens is 521 g/mol. The van der Waals surface area contributed by atoms with Crippen LogP contribution in [0.2, 0.25) is 5.02 Å². The van der Waals surface area contributed by atoms with Gasteiger partial charge >= 0.3 is 0 Å². The largest absolute Gasteiger partial charge is 0.354 e. The number of para-hydroxylation sites is 2. The van der Waals surface area contributed by atoms with Gasteiger partial charge in [0.15, 0.2) is 17.5 Å². The lowest BCUT2D eigenvalue weighted by Crippen LogP contribution is -2.52. The van der Waals surface area contributed by atoms with Crippen LogP contribution < -0.4 is 20.9 Å². The van der Waals surface area contributed by atoms with Crippen LogP contribution in [0.25, 0.3) is 0 Å². The molecule has 0 spiro atoms. The van der Waals surface area contributed by atoms with Gasteiger partial charge in [-0.1, -0.05) is 23.7 Å². The highest BCUT2D eigenvalue weighted by Crippen LogP contribution is 2.30. The second kappa shape index (κ2) is 12.1. The fourth-order valence-corrected chi connectivity index (χ4v) is 5.16. The summed E-state index contributed by atoms with van der Waals surface area (Å²) in [7, 11) is 2.16. The minimum atomic E-state index is -0.394. The third-order valence-corrected chi connectivity index (χ3v) is 7.41. The number of anilines is 6. The Morgan fingerprint density at radius 1 is 1.00 bits per heavy atom. The first kappa shape index (κ1) is 27.0. The minimum Gasteiger partial charge on any atom is -0.354 e. The number of hydrogen-bond donors (Lipinski definition) is 3. The Bertz CT molecular complexity index is 1310. The molecule has 10 nitrogen and oxygen atoms in total. The monoisotopic (exact) mass is 553 g/mol. The van der Waals surface area contributed by atoms with E-state index < -0.39 is 5.82 Å². The lowest BCUT2D eigenvalue weighted by molar-refractivity contribution is -0.114. The molecule has 0 aliphatic carbocycles. The van der Waals surface area contributed by atoms with Crippen molar-refractivity contribution < 1.29 is 9.18 Å². The number of hydrogen-bond acceptors (Lipinski definition) is 9. The predicted molar refractivity (Wildman–Crippen MR) is 153 cm³/mol. The smallest absolute Gasteiger partial charge is 0.229 e. The highest BCUT2D eigenvalue weighted by molar-refractivity contribution is 6.33. The van der Waals surface area contributed by atoms with Crippen LogP contribution in [0.4, 0.5) is 39.0 Å². The van der Waals surface area contributed by atoms with Gasteiger partial charge in [-0.25, -0.2) is 14.4 Å². The molecule has 2 aliphatic rings. The summed E-state index contributed by atoms with van der Waals surface area (Å²) < 4.78 is 15.1. The number of rotatable bonds is 7. The first-order valence-corrected chi connectivity index (χ1v) is 13.5. The number of nitrogens with zero attached hydrogens (tertiary/aromatic N) is 6. The van der Waals surface area contributed by atoms with Crippen LogP contribution in [0.5, 0.6) is 0 Å². The van der Waals surface area contributed by atoms with Crippen LogP contribution in [0.3, 0.4) is 0 Å². The van der Waals surface area contributed by atoms with Gasteiger partial charge in [0.25, 0.3) is 0 Å². The number of halogens is 2. The maximum atomic E-state index is 15.1. The number of nitrogens with one attached hydrogen (secondary N) is 3. The summed E-state index contributed by atoms with van der Waals surface area (Å²) in [5.74, 6) is 0.333. The van der Waals surface area contributed by atoms with E-state index in [0.717, 1.165) is 52.1 Å². The number of carbonyl (C=O) groups excluding carboxylic acids is 1. The molecule has 5 rings (SSSR count). The highest BCUT2D eigenvalue weighted by Gasteiger charge is 2.28. The van der Waals surface area contributed by atoms with Crippen molar-refractivity contribution >= 4 is 52.2 Å². The van der Waals surface area contributed by atoms with Gasteiger partial charge in [-0.05, 0) is 32.0 Å². The number of piperazine rings is 1. The lowest BCUT2D eigenvalue weighted by atomic mass is 10.0. The molecule has 2 aliphatic heterocycles. The van der Waals surface area contributed by atoms with Crippen LogP contribution >= 0.6 is 11.6 Å². The van der Waals surface area contributed by atoms with Crippen LogP contribution in [-0.4, -0.2) is 83.0 Å². The number of pyridine rings is 1. The van der Waals surface area contributed by atoms with Gasteiger partial charge in [0.1, 0.15) is 5.02 Å². The topological polar surface area (TPSA) is 102 Å². The van der Waals surface area contributed by atoms with E-state index in [0.29, 0.717) is 34.7 Å². The Balaban J connectivity index is 1.23. The quantitative estimate of drug-likeness (QED) is 0.394. The third kappa shape index (κ3) is 6.73. The van der Waals surface area contributed by atoms with E-state index in [2.05, 4.69) is 47.7 Å². The molecule has 0 bridgehead atoms. The zero-order valence-electron chi connectivity index (χ0n) is 22.1. The average molecular weight is 554 g/mol. The fourth-order valence-electron chi connectivity index (χ4n) is 5.02. The molecule has 4 heterocycles. The molecule has 3 N–H and O–H groups in total. The lowest BCUT2D eigenvalue weighted by Gasteiger charge is -2.42. The molecule has 0 unspecified atom stereocenters. The molecule has 2 aromatic heterocycles. The van der Waals surface area contributed by atoms with Crippen LogP contribution in [0, 0.1) is 5.82 Å².